The topological polar surface area (TPSA) is 23.5 Å². The van der Waals surface area contributed by atoms with E-state index >= 15 is 0 Å². The number of rotatable bonds is 5. The lowest BCUT2D eigenvalue weighted by atomic mass is 9.73. The van der Waals surface area contributed by atoms with Crippen molar-refractivity contribution >= 4 is 11.3 Å². The van der Waals surface area contributed by atoms with Crippen LogP contribution < -0.4 is 0 Å². The first-order valence-corrected chi connectivity index (χ1v) is 8.96. The van der Waals surface area contributed by atoms with Crippen LogP contribution in [-0.4, -0.2) is 28.7 Å². The number of hydrogen-bond acceptors (Lipinski definition) is 3. The Hall–Kier alpha value is -0.380. The van der Waals surface area contributed by atoms with Gasteiger partial charge in [-0.1, -0.05) is 19.9 Å². The molecule has 2 aliphatic rings. The molecule has 2 saturated carbocycles. The molecule has 0 saturated heterocycles. The molecule has 20 heavy (non-hydrogen) atoms. The minimum atomic E-state index is -0.0988. The van der Waals surface area contributed by atoms with Crippen LogP contribution >= 0.6 is 11.3 Å². The quantitative estimate of drug-likeness (QED) is 0.893. The maximum absolute atomic E-state index is 10.5. The largest absolute Gasteiger partial charge is 0.393 e. The molecule has 1 aromatic heterocycles. The van der Waals surface area contributed by atoms with E-state index in [-0.39, 0.29) is 6.10 Å². The van der Waals surface area contributed by atoms with E-state index in [1.165, 1.54) is 24.1 Å². The summed E-state index contributed by atoms with van der Waals surface area (Å²) in [6.07, 6.45) is 4.86. The molecular formula is C17H27NOS. The van der Waals surface area contributed by atoms with Gasteiger partial charge in [0.15, 0.2) is 0 Å². The molecule has 3 heteroatoms. The highest BCUT2D eigenvalue weighted by Crippen LogP contribution is 2.37. The second kappa shape index (κ2) is 6.17. The number of aliphatic hydroxyl groups excluding tert-OH is 1. The van der Waals surface area contributed by atoms with Crippen molar-refractivity contribution in [2.24, 2.45) is 17.8 Å². The SMILES string of the molecule is CC1CC(C)C(CN(Cc2cccs2)C2CC2)C(O)C1. The third-order valence-corrected chi connectivity index (χ3v) is 5.95. The van der Waals surface area contributed by atoms with Crippen molar-refractivity contribution in [3.63, 3.8) is 0 Å². The summed E-state index contributed by atoms with van der Waals surface area (Å²) >= 11 is 1.86. The normalized spacial score (nSPS) is 34.6. The van der Waals surface area contributed by atoms with Gasteiger partial charge in [-0.05, 0) is 49.0 Å². The molecule has 1 heterocycles. The van der Waals surface area contributed by atoms with Gasteiger partial charge < -0.3 is 5.11 Å². The second-order valence-electron chi connectivity index (χ2n) is 7.03. The van der Waals surface area contributed by atoms with Crippen molar-refractivity contribution < 1.29 is 5.11 Å². The van der Waals surface area contributed by atoms with Crippen LogP contribution in [0.3, 0.4) is 0 Å². The van der Waals surface area contributed by atoms with E-state index in [4.69, 9.17) is 0 Å². The molecule has 2 aliphatic carbocycles. The minimum Gasteiger partial charge on any atom is -0.393 e. The Morgan fingerprint density at radius 1 is 1.30 bits per heavy atom. The Labute approximate surface area is 126 Å². The average molecular weight is 293 g/mol. The van der Waals surface area contributed by atoms with Gasteiger partial charge in [0.1, 0.15) is 0 Å². The number of nitrogens with zero attached hydrogens (tertiary/aromatic N) is 1. The number of aliphatic hydroxyl groups is 1. The van der Waals surface area contributed by atoms with Crippen LogP contribution in [-0.2, 0) is 6.54 Å². The van der Waals surface area contributed by atoms with Gasteiger partial charge in [-0.2, -0.15) is 0 Å². The first-order chi connectivity index (χ1) is 9.63. The van der Waals surface area contributed by atoms with Crippen LogP contribution in [0.1, 0.15) is 44.4 Å². The molecule has 2 nitrogen and oxygen atoms in total. The fraction of sp³-hybridized carbons (Fsp3) is 0.765. The Kier molecular flexibility index (Phi) is 4.49. The summed E-state index contributed by atoms with van der Waals surface area (Å²) in [5, 5.41) is 12.6. The van der Waals surface area contributed by atoms with Crippen LogP contribution in [0, 0.1) is 17.8 Å². The molecule has 0 bridgehead atoms. The summed E-state index contributed by atoms with van der Waals surface area (Å²) in [6, 6.07) is 5.16. The summed E-state index contributed by atoms with van der Waals surface area (Å²) < 4.78 is 0. The lowest BCUT2D eigenvalue weighted by Gasteiger charge is -2.39. The van der Waals surface area contributed by atoms with Crippen LogP contribution in [0.15, 0.2) is 17.5 Å². The van der Waals surface area contributed by atoms with Crippen molar-refractivity contribution in [2.45, 2.75) is 58.2 Å². The zero-order chi connectivity index (χ0) is 14.1. The van der Waals surface area contributed by atoms with E-state index < -0.39 is 0 Å². The summed E-state index contributed by atoms with van der Waals surface area (Å²) in [7, 11) is 0. The van der Waals surface area contributed by atoms with Gasteiger partial charge in [-0.3, -0.25) is 4.90 Å². The van der Waals surface area contributed by atoms with E-state index in [0.717, 1.165) is 25.6 Å². The molecule has 112 valence electrons. The van der Waals surface area contributed by atoms with E-state index in [1.807, 2.05) is 11.3 Å². The van der Waals surface area contributed by atoms with Gasteiger partial charge in [0.2, 0.25) is 0 Å². The smallest absolute Gasteiger partial charge is 0.0585 e. The first-order valence-electron chi connectivity index (χ1n) is 8.08. The first kappa shape index (κ1) is 14.6. The van der Waals surface area contributed by atoms with Crippen LogP contribution in [0.2, 0.25) is 0 Å². The Morgan fingerprint density at radius 2 is 2.10 bits per heavy atom. The van der Waals surface area contributed by atoms with Gasteiger partial charge in [-0.25, -0.2) is 0 Å². The molecular weight excluding hydrogens is 266 g/mol. The van der Waals surface area contributed by atoms with Gasteiger partial charge in [0.05, 0.1) is 6.10 Å². The monoisotopic (exact) mass is 293 g/mol. The maximum Gasteiger partial charge on any atom is 0.0585 e. The van der Waals surface area contributed by atoms with Gasteiger partial charge >= 0.3 is 0 Å². The molecule has 3 rings (SSSR count). The number of hydrogen-bond donors (Lipinski definition) is 1. The van der Waals surface area contributed by atoms with Crippen molar-refractivity contribution in [1.29, 1.82) is 0 Å². The maximum atomic E-state index is 10.5. The standard InChI is InChI=1S/C17H27NOS/c1-12-8-13(2)16(17(19)9-12)11-18(14-5-6-14)10-15-4-3-7-20-15/h3-4,7,12-14,16-17,19H,5-6,8-11H2,1-2H3. The Balaban J connectivity index is 1.63. The third-order valence-electron chi connectivity index (χ3n) is 5.09. The summed E-state index contributed by atoms with van der Waals surface area (Å²) in [6.45, 7) is 6.77. The zero-order valence-electron chi connectivity index (χ0n) is 12.7. The number of thiophene rings is 1. The van der Waals surface area contributed by atoms with Crippen LogP contribution in [0.25, 0.3) is 0 Å². The zero-order valence-corrected chi connectivity index (χ0v) is 13.5. The second-order valence-corrected chi connectivity index (χ2v) is 8.06. The molecule has 0 aliphatic heterocycles. The predicted molar refractivity (Wildman–Crippen MR) is 84.8 cm³/mol. The van der Waals surface area contributed by atoms with E-state index in [2.05, 4.69) is 36.3 Å². The van der Waals surface area contributed by atoms with Gasteiger partial charge in [0.25, 0.3) is 0 Å². The molecule has 0 radical (unpaired) electrons. The molecule has 0 amide bonds. The molecule has 4 unspecified atom stereocenters. The molecule has 2 fully saturated rings. The van der Waals surface area contributed by atoms with Crippen LogP contribution in [0.5, 0.6) is 0 Å². The van der Waals surface area contributed by atoms with Crippen LogP contribution in [0.4, 0.5) is 0 Å². The Bertz CT molecular complexity index is 403. The highest BCUT2D eigenvalue weighted by Gasteiger charge is 2.37. The summed E-state index contributed by atoms with van der Waals surface area (Å²) in [4.78, 5) is 4.09. The highest BCUT2D eigenvalue weighted by molar-refractivity contribution is 7.09. The average Bonchev–Trinajstić information content (AvgIpc) is 3.10. The molecule has 4 atom stereocenters. The third kappa shape index (κ3) is 3.44. The highest BCUT2D eigenvalue weighted by atomic mass is 32.1. The molecule has 1 aromatic rings. The lowest BCUT2D eigenvalue weighted by molar-refractivity contribution is -0.00458. The van der Waals surface area contributed by atoms with Crippen molar-refractivity contribution in [2.75, 3.05) is 6.54 Å². The van der Waals surface area contributed by atoms with Gasteiger partial charge in [0, 0.05) is 29.9 Å². The fourth-order valence-electron chi connectivity index (χ4n) is 3.83. The molecule has 0 spiro atoms. The molecule has 0 aromatic carbocycles. The van der Waals surface area contributed by atoms with Crippen molar-refractivity contribution in [3.8, 4) is 0 Å². The van der Waals surface area contributed by atoms with E-state index in [9.17, 15) is 5.11 Å². The Morgan fingerprint density at radius 3 is 2.70 bits per heavy atom. The van der Waals surface area contributed by atoms with E-state index in [0.29, 0.717) is 17.8 Å². The minimum absolute atomic E-state index is 0.0988. The van der Waals surface area contributed by atoms with E-state index in [1.54, 1.807) is 0 Å². The van der Waals surface area contributed by atoms with Gasteiger partial charge in [-0.15, -0.1) is 11.3 Å². The summed E-state index contributed by atoms with van der Waals surface area (Å²) in [5.41, 5.74) is 0. The fourth-order valence-corrected chi connectivity index (χ4v) is 4.56. The van der Waals surface area contributed by atoms with Crippen molar-refractivity contribution in [1.82, 2.24) is 4.90 Å². The van der Waals surface area contributed by atoms with Crippen molar-refractivity contribution in [3.05, 3.63) is 22.4 Å². The summed E-state index contributed by atoms with van der Waals surface area (Å²) in [5.74, 6) is 1.80. The lowest BCUT2D eigenvalue weighted by Crippen LogP contribution is -2.43. The molecule has 1 N–H and O–H groups in total. The predicted octanol–water partition coefficient (Wildman–Crippen LogP) is 3.76.